The van der Waals surface area contributed by atoms with Crippen molar-refractivity contribution in [2.24, 2.45) is 40.4 Å². The van der Waals surface area contributed by atoms with Gasteiger partial charge in [0, 0.05) is 27.1 Å². The SMILES string of the molecule is CCCC1CCC2C3C(OSI)=CC4CCCCC4(C)C3CCC12C. The second kappa shape index (κ2) is 7.22. The van der Waals surface area contributed by atoms with Gasteiger partial charge in [-0.25, -0.2) is 0 Å². The van der Waals surface area contributed by atoms with E-state index in [2.05, 4.69) is 48.1 Å². The standard InChI is InChI=1S/C22H35IOS/c1-4-7-15-9-10-17-20-18(11-13-22(15,17)3)21(2)12-6-5-8-16(21)14-19(20)24-25-23/h14-18,20H,4-13H2,1-3H3. The summed E-state index contributed by atoms with van der Waals surface area (Å²) in [6, 6.07) is 0. The van der Waals surface area contributed by atoms with Gasteiger partial charge < -0.3 is 4.18 Å². The van der Waals surface area contributed by atoms with Gasteiger partial charge in [-0.2, -0.15) is 0 Å². The van der Waals surface area contributed by atoms with Gasteiger partial charge in [0.15, 0.2) is 0 Å². The molecule has 142 valence electrons. The maximum absolute atomic E-state index is 6.26. The number of rotatable bonds is 4. The molecule has 0 bridgehead atoms. The maximum atomic E-state index is 6.26. The van der Waals surface area contributed by atoms with E-state index in [9.17, 15) is 0 Å². The van der Waals surface area contributed by atoms with E-state index in [1.807, 2.05) is 0 Å². The van der Waals surface area contributed by atoms with Gasteiger partial charge in [-0.05, 0) is 79.1 Å². The molecule has 0 aromatic carbocycles. The summed E-state index contributed by atoms with van der Waals surface area (Å²) in [7, 11) is 1.55. The zero-order chi connectivity index (χ0) is 17.7. The van der Waals surface area contributed by atoms with Crippen molar-refractivity contribution in [2.75, 3.05) is 0 Å². The van der Waals surface area contributed by atoms with Crippen LogP contribution < -0.4 is 0 Å². The largest absolute Gasteiger partial charge is 0.419 e. The first-order chi connectivity index (χ1) is 12.0. The summed E-state index contributed by atoms with van der Waals surface area (Å²) in [6.07, 6.45) is 16.9. The Morgan fingerprint density at radius 1 is 1.08 bits per heavy atom. The Morgan fingerprint density at radius 2 is 1.88 bits per heavy atom. The molecule has 0 aliphatic heterocycles. The third kappa shape index (κ3) is 2.93. The predicted octanol–water partition coefficient (Wildman–Crippen LogP) is 7.95. The topological polar surface area (TPSA) is 9.23 Å². The molecule has 0 amide bonds. The lowest BCUT2D eigenvalue weighted by molar-refractivity contribution is -0.0756. The highest BCUT2D eigenvalue weighted by atomic mass is 127. The van der Waals surface area contributed by atoms with Gasteiger partial charge in [-0.3, -0.25) is 0 Å². The van der Waals surface area contributed by atoms with Gasteiger partial charge in [0.25, 0.3) is 0 Å². The van der Waals surface area contributed by atoms with E-state index >= 15 is 0 Å². The molecule has 0 aromatic rings. The molecule has 3 saturated carbocycles. The van der Waals surface area contributed by atoms with Crippen molar-refractivity contribution in [3.8, 4) is 0 Å². The minimum atomic E-state index is 0.538. The van der Waals surface area contributed by atoms with Crippen LogP contribution in [-0.4, -0.2) is 0 Å². The molecular weight excluding hydrogens is 439 g/mol. The second-order valence-corrected chi connectivity index (χ2v) is 11.3. The molecule has 0 aromatic heterocycles. The Bertz CT molecular complexity index is 534. The van der Waals surface area contributed by atoms with Gasteiger partial charge in [0.1, 0.15) is 15.0 Å². The lowest BCUT2D eigenvalue weighted by Gasteiger charge is -2.59. The molecular formula is C22H35IOS. The van der Waals surface area contributed by atoms with E-state index in [1.165, 1.54) is 70.0 Å². The summed E-state index contributed by atoms with van der Waals surface area (Å²) < 4.78 is 6.26. The van der Waals surface area contributed by atoms with Crippen molar-refractivity contribution >= 4 is 30.4 Å². The summed E-state index contributed by atoms with van der Waals surface area (Å²) in [5, 5.41) is 0. The maximum Gasteiger partial charge on any atom is 0.127 e. The third-order valence-corrected chi connectivity index (χ3v) is 9.90. The molecule has 0 saturated heterocycles. The second-order valence-electron chi connectivity index (χ2n) is 9.92. The van der Waals surface area contributed by atoms with Crippen LogP contribution in [0.25, 0.3) is 0 Å². The smallest absolute Gasteiger partial charge is 0.127 e. The summed E-state index contributed by atoms with van der Waals surface area (Å²) in [6.45, 7) is 7.66. The fourth-order valence-electron chi connectivity index (χ4n) is 7.76. The first kappa shape index (κ1) is 19.0. The lowest BCUT2D eigenvalue weighted by atomic mass is 9.46. The fraction of sp³-hybridized carbons (Fsp3) is 0.909. The first-order valence-corrected chi connectivity index (χ1v) is 14.0. The van der Waals surface area contributed by atoms with Crippen molar-refractivity contribution in [3.63, 3.8) is 0 Å². The molecule has 7 unspecified atom stereocenters. The van der Waals surface area contributed by atoms with Crippen LogP contribution in [0.2, 0.25) is 0 Å². The monoisotopic (exact) mass is 474 g/mol. The molecule has 4 aliphatic carbocycles. The molecule has 3 heteroatoms. The third-order valence-electron chi connectivity index (χ3n) is 9.10. The molecule has 4 aliphatic rings. The van der Waals surface area contributed by atoms with Crippen LogP contribution in [0.1, 0.15) is 85.0 Å². The molecule has 3 fully saturated rings. The number of allylic oxidation sites excluding steroid dienone is 2. The van der Waals surface area contributed by atoms with Crippen LogP contribution in [0.15, 0.2) is 11.8 Å². The summed E-state index contributed by atoms with van der Waals surface area (Å²) >= 11 is 2.32. The molecule has 0 heterocycles. The first-order valence-electron chi connectivity index (χ1n) is 10.7. The van der Waals surface area contributed by atoms with E-state index in [4.69, 9.17) is 4.18 Å². The Kier molecular flexibility index (Phi) is 5.47. The van der Waals surface area contributed by atoms with E-state index in [0.717, 1.165) is 23.7 Å². The number of hydrogen-bond donors (Lipinski definition) is 0. The van der Waals surface area contributed by atoms with Crippen molar-refractivity contribution in [3.05, 3.63) is 11.8 Å². The molecule has 0 radical (unpaired) electrons. The lowest BCUT2D eigenvalue weighted by Crippen LogP contribution is -2.52. The van der Waals surface area contributed by atoms with Crippen LogP contribution in [0.3, 0.4) is 0 Å². The highest BCUT2D eigenvalue weighted by Gasteiger charge is 2.60. The predicted molar refractivity (Wildman–Crippen MR) is 116 cm³/mol. The Hall–Kier alpha value is 0.620. The van der Waals surface area contributed by atoms with E-state index in [-0.39, 0.29) is 0 Å². The average Bonchev–Trinajstić information content (AvgIpc) is 2.92. The average molecular weight is 474 g/mol. The number of fused-ring (bicyclic) bond motifs is 5. The zero-order valence-electron chi connectivity index (χ0n) is 16.2. The molecule has 7 atom stereocenters. The highest BCUT2D eigenvalue weighted by molar-refractivity contribution is 14.2. The van der Waals surface area contributed by atoms with Crippen LogP contribution in [-0.2, 0) is 4.18 Å². The van der Waals surface area contributed by atoms with Gasteiger partial charge >= 0.3 is 0 Å². The van der Waals surface area contributed by atoms with E-state index < -0.39 is 0 Å². The Morgan fingerprint density at radius 3 is 2.64 bits per heavy atom. The fourth-order valence-corrected chi connectivity index (χ4v) is 8.62. The Balaban J connectivity index is 1.71. The van der Waals surface area contributed by atoms with Gasteiger partial charge in [-0.15, -0.1) is 0 Å². The summed E-state index contributed by atoms with van der Waals surface area (Å²) in [5.41, 5.74) is 1.10. The van der Waals surface area contributed by atoms with Crippen molar-refractivity contribution in [2.45, 2.75) is 85.0 Å². The molecule has 0 spiro atoms. The van der Waals surface area contributed by atoms with E-state index in [1.54, 1.807) is 9.21 Å². The molecule has 25 heavy (non-hydrogen) atoms. The summed E-state index contributed by atoms with van der Waals surface area (Å²) in [5.74, 6) is 5.51. The minimum Gasteiger partial charge on any atom is -0.419 e. The number of halogens is 1. The van der Waals surface area contributed by atoms with Crippen molar-refractivity contribution < 1.29 is 4.18 Å². The van der Waals surface area contributed by atoms with Crippen LogP contribution in [0.4, 0.5) is 0 Å². The van der Waals surface area contributed by atoms with Gasteiger partial charge in [0.05, 0.1) is 0 Å². The summed E-state index contributed by atoms with van der Waals surface area (Å²) in [4.78, 5) is 0. The Labute approximate surface area is 171 Å². The molecule has 4 rings (SSSR count). The van der Waals surface area contributed by atoms with Crippen molar-refractivity contribution in [1.29, 1.82) is 0 Å². The normalized spacial score (nSPS) is 49.0. The molecule has 0 N–H and O–H groups in total. The van der Waals surface area contributed by atoms with E-state index in [0.29, 0.717) is 16.7 Å². The zero-order valence-corrected chi connectivity index (χ0v) is 19.2. The number of hydrogen-bond acceptors (Lipinski definition) is 2. The highest BCUT2D eigenvalue weighted by Crippen LogP contribution is 2.68. The molecule has 1 nitrogen and oxygen atoms in total. The van der Waals surface area contributed by atoms with Crippen LogP contribution in [0, 0.1) is 40.4 Å². The van der Waals surface area contributed by atoms with Crippen LogP contribution in [0.5, 0.6) is 0 Å². The minimum absolute atomic E-state index is 0.538. The van der Waals surface area contributed by atoms with Gasteiger partial charge in [0.2, 0.25) is 0 Å². The van der Waals surface area contributed by atoms with Crippen molar-refractivity contribution in [1.82, 2.24) is 0 Å². The van der Waals surface area contributed by atoms with Crippen LogP contribution >= 0.6 is 30.4 Å². The van der Waals surface area contributed by atoms with Gasteiger partial charge in [-0.1, -0.05) is 46.5 Å². The quantitative estimate of drug-likeness (QED) is 0.302.